The lowest BCUT2D eigenvalue weighted by molar-refractivity contribution is -0.111. The topological polar surface area (TPSA) is 105 Å². The molecule has 0 spiro atoms. The van der Waals surface area contributed by atoms with Crippen LogP contribution in [-0.4, -0.2) is 42.7 Å². The van der Waals surface area contributed by atoms with E-state index in [1.165, 1.54) is 22.0 Å². The third-order valence-electron chi connectivity index (χ3n) is 7.80. The largest absolute Gasteiger partial charge is 0.378 e. The van der Waals surface area contributed by atoms with Gasteiger partial charge in [0.25, 0.3) is 11.5 Å². The molecule has 2 amide bonds. The number of benzene rings is 3. The number of amides is 2. The molecule has 0 radical (unpaired) electrons. The SMILES string of the molecule is C=CC(=O)Nc1cc(Nc2cc(-c3cccc(NC(=O)c4cc5ccccc5s4)c3C)cn(C)c2=O)ccc1N1CCOCC1. The van der Waals surface area contributed by atoms with Crippen LogP contribution in [0.3, 0.4) is 0 Å². The van der Waals surface area contributed by atoms with Crippen molar-refractivity contribution in [1.29, 1.82) is 0 Å². The number of fused-ring (bicyclic) bond motifs is 1. The Morgan fingerprint density at radius 1 is 0.933 bits per heavy atom. The van der Waals surface area contributed by atoms with Crippen molar-refractivity contribution in [2.75, 3.05) is 47.2 Å². The van der Waals surface area contributed by atoms with Crippen LogP contribution in [0, 0.1) is 6.92 Å². The zero-order valence-electron chi connectivity index (χ0n) is 25.1. The van der Waals surface area contributed by atoms with Gasteiger partial charge in [0.2, 0.25) is 5.91 Å². The minimum atomic E-state index is -0.325. The number of anilines is 5. The Kier molecular flexibility index (Phi) is 8.50. The van der Waals surface area contributed by atoms with Crippen molar-refractivity contribution in [3.63, 3.8) is 0 Å². The molecule has 9 nitrogen and oxygen atoms in total. The fourth-order valence-corrected chi connectivity index (χ4v) is 6.40. The highest BCUT2D eigenvalue weighted by atomic mass is 32.1. The molecule has 3 heterocycles. The van der Waals surface area contributed by atoms with Crippen LogP contribution in [0.15, 0.2) is 96.4 Å². The van der Waals surface area contributed by atoms with E-state index in [-0.39, 0.29) is 17.4 Å². The van der Waals surface area contributed by atoms with Crippen molar-refractivity contribution in [2.24, 2.45) is 7.05 Å². The number of aryl methyl sites for hydroxylation is 1. The number of aromatic nitrogens is 1. The lowest BCUT2D eigenvalue weighted by Crippen LogP contribution is -2.36. The van der Waals surface area contributed by atoms with E-state index < -0.39 is 0 Å². The summed E-state index contributed by atoms with van der Waals surface area (Å²) in [5.74, 6) is -0.492. The van der Waals surface area contributed by atoms with Gasteiger partial charge in [0, 0.05) is 48.0 Å². The van der Waals surface area contributed by atoms with E-state index in [1.54, 1.807) is 19.3 Å². The van der Waals surface area contributed by atoms with Crippen LogP contribution < -0.4 is 26.4 Å². The minimum absolute atomic E-state index is 0.167. The predicted molar refractivity (Wildman–Crippen MR) is 183 cm³/mol. The Hall–Kier alpha value is -5.19. The van der Waals surface area contributed by atoms with Gasteiger partial charge in [-0.15, -0.1) is 11.3 Å². The van der Waals surface area contributed by atoms with E-state index in [1.807, 2.05) is 73.7 Å². The zero-order valence-corrected chi connectivity index (χ0v) is 25.9. The van der Waals surface area contributed by atoms with E-state index in [4.69, 9.17) is 4.74 Å². The monoisotopic (exact) mass is 619 g/mol. The van der Waals surface area contributed by atoms with Crippen molar-refractivity contribution in [3.05, 3.63) is 112 Å². The van der Waals surface area contributed by atoms with Gasteiger partial charge in [-0.3, -0.25) is 14.4 Å². The Morgan fingerprint density at radius 2 is 1.73 bits per heavy atom. The molecule has 6 rings (SSSR count). The summed E-state index contributed by atoms with van der Waals surface area (Å²) in [5.41, 5.74) is 5.53. The molecule has 3 aromatic carbocycles. The number of rotatable bonds is 8. The first kappa shape index (κ1) is 29.9. The summed E-state index contributed by atoms with van der Waals surface area (Å²) in [6.07, 6.45) is 3.01. The number of carbonyl (C=O) groups is 2. The highest BCUT2D eigenvalue weighted by molar-refractivity contribution is 7.20. The van der Waals surface area contributed by atoms with Crippen LogP contribution in [0.1, 0.15) is 15.2 Å². The molecule has 1 fully saturated rings. The number of hydrogen-bond donors (Lipinski definition) is 3. The molecular formula is C35H33N5O4S. The third kappa shape index (κ3) is 6.38. The van der Waals surface area contributed by atoms with Gasteiger partial charge in [0.15, 0.2) is 0 Å². The van der Waals surface area contributed by atoms with E-state index in [9.17, 15) is 14.4 Å². The molecule has 2 aromatic heterocycles. The zero-order chi connectivity index (χ0) is 31.5. The second kappa shape index (κ2) is 12.8. The van der Waals surface area contributed by atoms with Gasteiger partial charge < -0.3 is 30.2 Å². The lowest BCUT2D eigenvalue weighted by atomic mass is 10.00. The minimum Gasteiger partial charge on any atom is -0.378 e. The second-order valence-corrected chi connectivity index (χ2v) is 11.9. The smallest absolute Gasteiger partial charge is 0.274 e. The third-order valence-corrected chi connectivity index (χ3v) is 8.91. The van der Waals surface area contributed by atoms with Crippen LogP contribution in [-0.2, 0) is 16.6 Å². The quantitative estimate of drug-likeness (QED) is 0.171. The second-order valence-electron chi connectivity index (χ2n) is 10.8. The normalized spacial score (nSPS) is 13.0. The van der Waals surface area contributed by atoms with Crippen molar-refractivity contribution < 1.29 is 14.3 Å². The number of nitrogens with one attached hydrogen (secondary N) is 3. The fraction of sp³-hybridized carbons (Fsp3) is 0.171. The van der Waals surface area contributed by atoms with E-state index in [0.29, 0.717) is 53.9 Å². The summed E-state index contributed by atoms with van der Waals surface area (Å²) < 4.78 is 8.08. The molecule has 0 saturated carbocycles. The fourth-order valence-electron chi connectivity index (χ4n) is 5.44. The van der Waals surface area contributed by atoms with Crippen LogP contribution >= 0.6 is 11.3 Å². The summed E-state index contributed by atoms with van der Waals surface area (Å²) in [7, 11) is 1.71. The van der Waals surface area contributed by atoms with Gasteiger partial charge in [-0.2, -0.15) is 0 Å². The molecule has 0 aliphatic carbocycles. The molecule has 5 aromatic rings. The molecule has 1 aliphatic heterocycles. The van der Waals surface area contributed by atoms with Gasteiger partial charge in [-0.1, -0.05) is 36.9 Å². The molecule has 3 N–H and O–H groups in total. The van der Waals surface area contributed by atoms with Gasteiger partial charge in [0.05, 0.1) is 29.5 Å². The number of nitrogens with zero attached hydrogens (tertiary/aromatic N) is 2. The number of ether oxygens (including phenoxy) is 1. The van der Waals surface area contributed by atoms with Crippen molar-refractivity contribution in [1.82, 2.24) is 4.57 Å². The Bertz CT molecular complexity index is 1960. The molecule has 10 heteroatoms. The van der Waals surface area contributed by atoms with Gasteiger partial charge in [-0.25, -0.2) is 0 Å². The van der Waals surface area contributed by atoms with Gasteiger partial charge in [-0.05, 0) is 72.0 Å². The van der Waals surface area contributed by atoms with Crippen LogP contribution in [0.4, 0.5) is 28.4 Å². The van der Waals surface area contributed by atoms with E-state index in [2.05, 4.69) is 27.4 Å². The molecule has 0 unspecified atom stereocenters. The molecular weight excluding hydrogens is 586 g/mol. The van der Waals surface area contributed by atoms with Crippen LogP contribution in [0.2, 0.25) is 0 Å². The van der Waals surface area contributed by atoms with Gasteiger partial charge in [0.1, 0.15) is 5.69 Å². The summed E-state index contributed by atoms with van der Waals surface area (Å²) in [5, 5.41) is 10.3. The van der Waals surface area contributed by atoms with Gasteiger partial charge >= 0.3 is 0 Å². The van der Waals surface area contributed by atoms with E-state index in [0.717, 1.165) is 32.5 Å². The maximum atomic E-state index is 13.2. The maximum Gasteiger partial charge on any atom is 0.274 e. The number of hydrogen-bond acceptors (Lipinski definition) is 7. The Balaban J connectivity index is 1.29. The number of carbonyl (C=O) groups excluding carboxylic acids is 2. The number of morpholine rings is 1. The standard InChI is InChI=1S/C35H33N5O4S/c1-4-33(41)37-28-20-25(12-13-30(28)40-14-16-44-17-15-40)36-29-18-24(21-39(3)35(29)43)26-9-7-10-27(22(26)2)38-34(42)32-19-23-8-5-6-11-31(23)45-32/h4-13,18-21,36H,1,14-17H2,2-3H3,(H,37,41)(H,38,42). The number of pyridine rings is 1. The first-order valence-corrected chi connectivity index (χ1v) is 15.4. The average Bonchev–Trinajstić information content (AvgIpc) is 3.49. The molecule has 1 aliphatic rings. The number of thiophene rings is 1. The first-order chi connectivity index (χ1) is 21.8. The molecule has 0 atom stereocenters. The summed E-state index contributed by atoms with van der Waals surface area (Å²) in [4.78, 5) is 41.5. The Morgan fingerprint density at radius 3 is 2.51 bits per heavy atom. The van der Waals surface area contributed by atoms with Crippen molar-refractivity contribution in [3.8, 4) is 11.1 Å². The molecule has 45 heavy (non-hydrogen) atoms. The highest BCUT2D eigenvalue weighted by Gasteiger charge is 2.18. The van der Waals surface area contributed by atoms with Crippen molar-refractivity contribution in [2.45, 2.75) is 6.92 Å². The molecule has 1 saturated heterocycles. The highest BCUT2D eigenvalue weighted by Crippen LogP contribution is 2.34. The van der Waals surface area contributed by atoms with E-state index >= 15 is 0 Å². The summed E-state index contributed by atoms with van der Waals surface area (Å²) >= 11 is 1.46. The molecule has 0 bridgehead atoms. The summed E-state index contributed by atoms with van der Waals surface area (Å²) in [6, 6.07) is 23.0. The van der Waals surface area contributed by atoms with Crippen LogP contribution in [0.25, 0.3) is 21.2 Å². The predicted octanol–water partition coefficient (Wildman–Crippen LogP) is 6.53. The molecule has 228 valence electrons. The average molecular weight is 620 g/mol. The maximum absolute atomic E-state index is 13.2. The summed E-state index contributed by atoms with van der Waals surface area (Å²) in [6.45, 7) is 8.14. The Labute approximate surface area is 264 Å². The first-order valence-electron chi connectivity index (χ1n) is 14.6. The lowest BCUT2D eigenvalue weighted by Gasteiger charge is -2.30. The van der Waals surface area contributed by atoms with Crippen molar-refractivity contribution >= 4 is 61.7 Å². The van der Waals surface area contributed by atoms with Crippen LogP contribution in [0.5, 0.6) is 0 Å².